The van der Waals surface area contributed by atoms with Crippen LogP contribution in [-0.2, 0) is 7.05 Å². The molecule has 0 atom stereocenters. The molecule has 2 aromatic heterocycles. The van der Waals surface area contributed by atoms with Crippen LogP contribution in [0, 0.1) is 0 Å². The Morgan fingerprint density at radius 3 is 2.62 bits per heavy atom. The first-order chi connectivity index (χ1) is 10.1. The Kier molecular flexibility index (Phi) is 3.45. The summed E-state index contributed by atoms with van der Waals surface area (Å²) in [6, 6.07) is 8.81. The molecule has 0 radical (unpaired) electrons. The van der Waals surface area contributed by atoms with Crippen LogP contribution in [0.1, 0.15) is 10.4 Å². The van der Waals surface area contributed by atoms with Crippen LogP contribution >= 0.6 is 11.6 Å². The van der Waals surface area contributed by atoms with Gasteiger partial charge in [0.15, 0.2) is 5.82 Å². The molecule has 6 nitrogen and oxygen atoms in total. The highest BCUT2D eigenvalue weighted by Crippen LogP contribution is 2.21. The summed E-state index contributed by atoms with van der Waals surface area (Å²) in [5.41, 5.74) is 1.87. The van der Waals surface area contributed by atoms with Crippen molar-refractivity contribution in [1.29, 1.82) is 0 Å². The van der Waals surface area contributed by atoms with Crippen LogP contribution in [0.5, 0.6) is 0 Å². The van der Waals surface area contributed by atoms with E-state index < -0.39 is 0 Å². The SMILES string of the molecule is Cn1cnnc1-c1ccc(NC(=O)c2ccoc2Cl)cc1. The number of carbonyl (C=O) groups is 1. The average molecular weight is 303 g/mol. The molecule has 0 saturated carbocycles. The van der Waals surface area contributed by atoms with E-state index in [1.807, 2.05) is 23.7 Å². The molecule has 0 aliphatic rings. The predicted octanol–water partition coefficient (Wildman–Crippen LogP) is 2.98. The van der Waals surface area contributed by atoms with E-state index in [4.69, 9.17) is 16.0 Å². The summed E-state index contributed by atoms with van der Waals surface area (Å²) in [6.45, 7) is 0. The summed E-state index contributed by atoms with van der Waals surface area (Å²) in [5.74, 6) is 0.436. The van der Waals surface area contributed by atoms with Gasteiger partial charge in [0.25, 0.3) is 5.91 Å². The summed E-state index contributed by atoms with van der Waals surface area (Å²) in [4.78, 5) is 12.0. The Balaban J connectivity index is 1.78. The largest absolute Gasteiger partial charge is 0.452 e. The molecule has 21 heavy (non-hydrogen) atoms. The van der Waals surface area contributed by atoms with Crippen LogP contribution in [0.4, 0.5) is 5.69 Å². The van der Waals surface area contributed by atoms with Crippen molar-refractivity contribution in [3.8, 4) is 11.4 Å². The molecule has 0 aliphatic carbocycles. The molecule has 0 saturated heterocycles. The van der Waals surface area contributed by atoms with Gasteiger partial charge >= 0.3 is 0 Å². The molecule has 0 unspecified atom stereocenters. The average Bonchev–Trinajstić information content (AvgIpc) is 3.08. The number of aryl methyl sites for hydroxylation is 1. The second-order valence-corrected chi connectivity index (χ2v) is 4.75. The molecule has 3 rings (SSSR count). The standard InChI is InChI=1S/C14H11ClN4O2/c1-19-8-16-18-13(19)9-2-4-10(5-3-9)17-14(20)11-6-7-21-12(11)15/h2-8H,1H3,(H,17,20). The number of furan rings is 1. The first kappa shape index (κ1) is 13.4. The molecule has 0 aliphatic heterocycles. The van der Waals surface area contributed by atoms with Crippen molar-refractivity contribution in [2.75, 3.05) is 5.32 Å². The molecule has 1 aromatic carbocycles. The highest BCUT2D eigenvalue weighted by Gasteiger charge is 2.13. The predicted molar refractivity (Wildman–Crippen MR) is 78.1 cm³/mol. The summed E-state index contributed by atoms with van der Waals surface area (Å²) in [6.07, 6.45) is 3.00. The Hall–Kier alpha value is -2.60. The Morgan fingerprint density at radius 1 is 1.29 bits per heavy atom. The highest BCUT2D eigenvalue weighted by molar-refractivity contribution is 6.32. The summed E-state index contributed by atoms with van der Waals surface area (Å²) in [5, 5.41) is 10.7. The van der Waals surface area contributed by atoms with Crippen molar-refractivity contribution in [2.24, 2.45) is 7.05 Å². The number of aromatic nitrogens is 3. The zero-order valence-corrected chi connectivity index (χ0v) is 11.8. The lowest BCUT2D eigenvalue weighted by molar-refractivity contribution is 0.102. The van der Waals surface area contributed by atoms with Gasteiger partial charge < -0.3 is 14.3 Å². The molecule has 1 amide bonds. The summed E-state index contributed by atoms with van der Waals surface area (Å²) >= 11 is 5.77. The van der Waals surface area contributed by atoms with Crippen molar-refractivity contribution in [2.45, 2.75) is 0 Å². The first-order valence-electron chi connectivity index (χ1n) is 6.14. The monoisotopic (exact) mass is 302 g/mol. The molecule has 0 spiro atoms. The molecular formula is C14H11ClN4O2. The lowest BCUT2D eigenvalue weighted by Gasteiger charge is -2.05. The van der Waals surface area contributed by atoms with Crippen LogP contribution in [0.15, 0.2) is 47.3 Å². The minimum atomic E-state index is -0.319. The van der Waals surface area contributed by atoms with E-state index in [1.165, 1.54) is 12.3 Å². The van der Waals surface area contributed by atoms with Gasteiger partial charge in [-0.15, -0.1) is 10.2 Å². The fourth-order valence-corrected chi connectivity index (χ4v) is 2.10. The van der Waals surface area contributed by atoms with Crippen molar-refractivity contribution < 1.29 is 9.21 Å². The molecule has 0 fully saturated rings. The second kappa shape index (κ2) is 5.41. The summed E-state index contributed by atoms with van der Waals surface area (Å²) in [7, 11) is 1.87. The highest BCUT2D eigenvalue weighted by atomic mass is 35.5. The number of hydrogen-bond donors (Lipinski definition) is 1. The number of rotatable bonds is 3. The van der Waals surface area contributed by atoms with Gasteiger partial charge in [-0.1, -0.05) is 0 Å². The van der Waals surface area contributed by atoms with Crippen LogP contribution in [0.2, 0.25) is 5.22 Å². The quantitative estimate of drug-likeness (QED) is 0.807. The lowest BCUT2D eigenvalue weighted by atomic mass is 10.2. The number of nitrogens with zero attached hydrogens (tertiary/aromatic N) is 3. The van der Waals surface area contributed by atoms with E-state index in [1.54, 1.807) is 18.5 Å². The molecule has 2 heterocycles. The van der Waals surface area contributed by atoms with E-state index in [-0.39, 0.29) is 11.1 Å². The summed E-state index contributed by atoms with van der Waals surface area (Å²) < 4.78 is 6.71. The van der Waals surface area contributed by atoms with E-state index in [0.717, 1.165) is 11.4 Å². The fraction of sp³-hybridized carbons (Fsp3) is 0.0714. The second-order valence-electron chi connectivity index (χ2n) is 4.40. The fourth-order valence-electron chi connectivity index (χ4n) is 1.90. The number of benzene rings is 1. The number of carbonyl (C=O) groups excluding carboxylic acids is 1. The maximum absolute atomic E-state index is 12.0. The number of amides is 1. The van der Waals surface area contributed by atoms with Gasteiger partial charge in [-0.2, -0.15) is 0 Å². The van der Waals surface area contributed by atoms with Crippen molar-refractivity contribution in [3.63, 3.8) is 0 Å². The van der Waals surface area contributed by atoms with Gasteiger partial charge in [0, 0.05) is 18.3 Å². The minimum Gasteiger partial charge on any atom is -0.452 e. The molecule has 106 valence electrons. The van der Waals surface area contributed by atoms with E-state index >= 15 is 0 Å². The van der Waals surface area contributed by atoms with Crippen molar-refractivity contribution in [3.05, 3.63) is 53.7 Å². The van der Waals surface area contributed by atoms with Gasteiger partial charge in [-0.3, -0.25) is 4.79 Å². The third kappa shape index (κ3) is 2.66. The zero-order valence-electron chi connectivity index (χ0n) is 11.1. The van der Waals surface area contributed by atoms with E-state index in [2.05, 4.69) is 15.5 Å². The molecule has 0 bridgehead atoms. The minimum absolute atomic E-state index is 0.0724. The van der Waals surface area contributed by atoms with Crippen molar-refractivity contribution >= 4 is 23.2 Å². The Labute approximate surface area is 125 Å². The topological polar surface area (TPSA) is 73.0 Å². The molecule has 3 aromatic rings. The normalized spacial score (nSPS) is 10.6. The third-order valence-electron chi connectivity index (χ3n) is 2.97. The molecule has 7 heteroatoms. The number of anilines is 1. The van der Waals surface area contributed by atoms with E-state index in [9.17, 15) is 4.79 Å². The van der Waals surface area contributed by atoms with Gasteiger partial charge in [-0.05, 0) is 41.9 Å². The first-order valence-corrected chi connectivity index (χ1v) is 6.52. The van der Waals surface area contributed by atoms with Crippen LogP contribution in [-0.4, -0.2) is 20.7 Å². The number of nitrogens with one attached hydrogen (secondary N) is 1. The van der Waals surface area contributed by atoms with Gasteiger partial charge in [0.05, 0.1) is 11.8 Å². The Morgan fingerprint density at radius 2 is 2.05 bits per heavy atom. The third-order valence-corrected chi connectivity index (χ3v) is 3.27. The number of halogens is 1. The van der Waals surface area contributed by atoms with Gasteiger partial charge in [-0.25, -0.2) is 0 Å². The number of hydrogen-bond acceptors (Lipinski definition) is 4. The zero-order chi connectivity index (χ0) is 14.8. The molecular weight excluding hydrogens is 292 g/mol. The maximum Gasteiger partial charge on any atom is 0.260 e. The van der Waals surface area contributed by atoms with Crippen LogP contribution < -0.4 is 5.32 Å². The molecule has 1 N–H and O–H groups in total. The van der Waals surface area contributed by atoms with Crippen LogP contribution in [0.25, 0.3) is 11.4 Å². The van der Waals surface area contributed by atoms with Crippen molar-refractivity contribution in [1.82, 2.24) is 14.8 Å². The maximum atomic E-state index is 12.0. The smallest absolute Gasteiger partial charge is 0.260 e. The Bertz CT molecular complexity index is 776. The van der Waals surface area contributed by atoms with Gasteiger partial charge in [0.2, 0.25) is 5.22 Å². The van der Waals surface area contributed by atoms with Gasteiger partial charge in [0.1, 0.15) is 6.33 Å². The van der Waals surface area contributed by atoms with E-state index in [0.29, 0.717) is 11.3 Å². The lowest BCUT2D eigenvalue weighted by Crippen LogP contribution is -2.11. The van der Waals surface area contributed by atoms with Crippen LogP contribution in [0.3, 0.4) is 0 Å².